The minimum absolute atomic E-state index is 0. The number of aromatic nitrogens is 4. The molecule has 3 rings (SSSR count). The third kappa shape index (κ3) is 5.98. The Kier molecular flexibility index (Phi) is 8.82. The van der Waals surface area contributed by atoms with Crippen LogP contribution in [0.4, 0.5) is 0 Å². The largest absolute Gasteiger partial charge is 0.354 e. The molecule has 1 amide bonds. The molecule has 9 heteroatoms. The van der Waals surface area contributed by atoms with E-state index in [0.29, 0.717) is 12.4 Å². The molecule has 1 aliphatic rings. The molecule has 2 heterocycles. The number of nitrogens with zero attached hydrogens (tertiary/aromatic N) is 5. The number of amides is 1. The second-order valence-corrected chi connectivity index (χ2v) is 7.22. The standard InChI is InChI=1S/C19H29N7O.ClH/c1-15(2)17(19(27)21-9-6-12-25-13-10-20-11-14-25)26-23-18(22-24-26)16-7-4-3-5-8-16;/h3-5,7-8,15,17,20H,6,9-14H2,1-2H3,(H,21,27);1H. The smallest absolute Gasteiger partial charge is 0.247 e. The van der Waals surface area contributed by atoms with Crippen molar-refractivity contribution in [3.8, 4) is 11.4 Å². The van der Waals surface area contributed by atoms with Crippen molar-refractivity contribution in [1.29, 1.82) is 0 Å². The molecule has 0 spiro atoms. The number of carbonyl (C=O) groups is 1. The van der Waals surface area contributed by atoms with Crippen molar-refractivity contribution < 1.29 is 4.79 Å². The number of piperazine rings is 1. The molecule has 0 bridgehead atoms. The van der Waals surface area contributed by atoms with Crippen LogP contribution in [0.2, 0.25) is 0 Å². The Morgan fingerprint density at radius 2 is 1.93 bits per heavy atom. The number of nitrogens with one attached hydrogen (secondary N) is 2. The lowest BCUT2D eigenvalue weighted by atomic mass is 10.0. The van der Waals surface area contributed by atoms with Gasteiger partial charge in [0, 0.05) is 38.3 Å². The Balaban J connectivity index is 0.00000280. The molecule has 1 atom stereocenters. The number of tetrazole rings is 1. The van der Waals surface area contributed by atoms with Crippen molar-refractivity contribution in [2.75, 3.05) is 39.3 Å². The van der Waals surface area contributed by atoms with E-state index in [9.17, 15) is 4.79 Å². The maximum atomic E-state index is 12.7. The molecule has 8 nitrogen and oxygen atoms in total. The van der Waals surface area contributed by atoms with Crippen LogP contribution in [0.1, 0.15) is 26.3 Å². The van der Waals surface area contributed by atoms with Gasteiger partial charge in [0.05, 0.1) is 0 Å². The van der Waals surface area contributed by atoms with Crippen molar-refractivity contribution in [2.24, 2.45) is 5.92 Å². The number of carbonyl (C=O) groups excluding carboxylic acids is 1. The van der Waals surface area contributed by atoms with Gasteiger partial charge in [-0.25, -0.2) is 0 Å². The van der Waals surface area contributed by atoms with Crippen LogP contribution in [0.5, 0.6) is 0 Å². The van der Waals surface area contributed by atoms with E-state index in [1.54, 1.807) is 0 Å². The van der Waals surface area contributed by atoms with Gasteiger partial charge in [-0.05, 0) is 24.1 Å². The highest BCUT2D eigenvalue weighted by molar-refractivity contribution is 5.85. The van der Waals surface area contributed by atoms with Crippen LogP contribution in [0.25, 0.3) is 11.4 Å². The first-order chi connectivity index (χ1) is 13.1. The number of hydrogen-bond donors (Lipinski definition) is 2. The van der Waals surface area contributed by atoms with Crippen LogP contribution in [-0.2, 0) is 4.79 Å². The average Bonchev–Trinajstić information content (AvgIpc) is 3.16. The van der Waals surface area contributed by atoms with Crippen molar-refractivity contribution in [2.45, 2.75) is 26.3 Å². The van der Waals surface area contributed by atoms with Crippen molar-refractivity contribution in [3.63, 3.8) is 0 Å². The van der Waals surface area contributed by atoms with E-state index in [0.717, 1.165) is 44.7 Å². The van der Waals surface area contributed by atoms with E-state index in [1.165, 1.54) is 4.80 Å². The zero-order valence-electron chi connectivity index (χ0n) is 16.5. The fourth-order valence-electron chi connectivity index (χ4n) is 3.27. The Morgan fingerprint density at radius 3 is 2.61 bits per heavy atom. The molecule has 1 aromatic carbocycles. The minimum Gasteiger partial charge on any atom is -0.354 e. The molecule has 1 aromatic heterocycles. The summed E-state index contributed by atoms with van der Waals surface area (Å²) in [7, 11) is 0. The lowest BCUT2D eigenvalue weighted by Gasteiger charge is -2.27. The Bertz CT molecular complexity index is 716. The number of halogens is 1. The molecule has 28 heavy (non-hydrogen) atoms. The fraction of sp³-hybridized carbons (Fsp3) is 0.579. The van der Waals surface area contributed by atoms with Gasteiger partial charge in [0.15, 0.2) is 6.04 Å². The summed E-state index contributed by atoms with van der Waals surface area (Å²) in [5.41, 5.74) is 0.891. The molecule has 1 unspecified atom stereocenters. The van der Waals surface area contributed by atoms with Gasteiger partial charge in [0.1, 0.15) is 0 Å². The zero-order chi connectivity index (χ0) is 19.1. The average molecular weight is 408 g/mol. The molecule has 154 valence electrons. The second-order valence-electron chi connectivity index (χ2n) is 7.22. The minimum atomic E-state index is -0.464. The first-order valence-corrected chi connectivity index (χ1v) is 9.71. The van der Waals surface area contributed by atoms with Crippen LogP contribution in [0.15, 0.2) is 30.3 Å². The molecular formula is C19H30ClN7O. The number of rotatable bonds is 8. The topological polar surface area (TPSA) is 88.0 Å². The first kappa shape index (κ1) is 22.3. The van der Waals surface area contributed by atoms with E-state index >= 15 is 0 Å². The summed E-state index contributed by atoms with van der Waals surface area (Å²) in [4.78, 5) is 16.6. The van der Waals surface area contributed by atoms with Crippen molar-refractivity contribution in [1.82, 2.24) is 35.7 Å². The number of hydrogen-bond acceptors (Lipinski definition) is 6. The van der Waals surface area contributed by atoms with Crippen molar-refractivity contribution in [3.05, 3.63) is 30.3 Å². The second kappa shape index (κ2) is 11.1. The van der Waals surface area contributed by atoms with E-state index in [1.807, 2.05) is 44.2 Å². The third-order valence-corrected chi connectivity index (χ3v) is 4.77. The summed E-state index contributed by atoms with van der Waals surface area (Å²) in [5.74, 6) is 0.547. The van der Waals surface area contributed by atoms with E-state index < -0.39 is 6.04 Å². The van der Waals surface area contributed by atoms with Gasteiger partial charge < -0.3 is 15.5 Å². The Hall–Kier alpha value is -2.03. The normalized spacial score (nSPS) is 15.8. The summed E-state index contributed by atoms with van der Waals surface area (Å²) in [6, 6.07) is 9.21. The highest BCUT2D eigenvalue weighted by Crippen LogP contribution is 2.18. The van der Waals surface area contributed by atoms with Gasteiger partial charge in [-0.2, -0.15) is 4.80 Å². The van der Waals surface area contributed by atoms with Gasteiger partial charge in [-0.3, -0.25) is 4.79 Å². The van der Waals surface area contributed by atoms with Gasteiger partial charge in [-0.15, -0.1) is 22.6 Å². The van der Waals surface area contributed by atoms with Crippen LogP contribution in [-0.4, -0.2) is 70.3 Å². The lowest BCUT2D eigenvalue weighted by molar-refractivity contribution is -0.126. The monoisotopic (exact) mass is 407 g/mol. The molecule has 2 N–H and O–H groups in total. The molecule has 2 aromatic rings. The van der Waals surface area contributed by atoms with Crippen LogP contribution in [0.3, 0.4) is 0 Å². The van der Waals surface area contributed by atoms with Gasteiger partial charge in [-0.1, -0.05) is 44.2 Å². The summed E-state index contributed by atoms with van der Waals surface area (Å²) in [6.45, 7) is 9.90. The molecule has 0 saturated carbocycles. The zero-order valence-corrected chi connectivity index (χ0v) is 17.4. The lowest BCUT2D eigenvalue weighted by Crippen LogP contribution is -2.44. The summed E-state index contributed by atoms with van der Waals surface area (Å²) >= 11 is 0. The van der Waals surface area contributed by atoms with E-state index in [2.05, 4.69) is 30.9 Å². The molecule has 1 fully saturated rings. The van der Waals surface area contributed by atoms with Gasteiger partial charge >= 0.3 is 0 Å². The molecule has 1 aliphatic heterocycles. The molecular weight excluding hydrogens is 378 g/mol. The molecule has 0 aliphatic carbocycles. The third-order valence-electron chi connectivity index (χ3n) is 4.77. The van der Waals surface area contributed by atoms with E-state index in [4.69, 9.17) is 0 Å². The summed E-state index contributed by atoms with van der Waals surface area (Å²) in [5, 5.41) is 19.1. The Morgan fingerprint density at radius 1 is 1.21 bits per heavy atom. The van der Waals surface area contributed by atoms with Crippen molar-refractivity contribution >= 4 is 18.3 Å². The SMILES string of the molecule is CC(C)C(C(=O)NCCCN1CCNCC1)n1nnc(-c2ccccc2)n1.Cl. The van der Waals surface area contributed by atoms with Gasteiger partial charge in [0.2, 0.25) is 11.7 Å². The highest BCUT2D eigenvalue weighted by Gasteiger charge is 2.27. The van der Waals surface area contributed by atoms with Gasteiger partial charge in [0.25, 0.3) is 0 Å². The van der Waals surface area contributed by atoms with Crippen LogP contribution >= 0.6 is 12.4 Å². The van der Waals surface area contributed by atoms with E-state index in [-0.39, 0.29) is 24.2 Å². The summed E-state index contributed by atoms with van der Waals surface area (Å²) in [6.07, 6.45) is 0.941. The fourth-order valence-corrected chi connectivity index (χ4v) is 3.27. The quantitative estimate of drug-likeness (QED) is 0.642. The van der Waals surface area contributed by atoms with Crippen LogP contribution in [0, 0.1) is 5.92 Å². The molecule has 0 radical (unpaired) electrons. The highest BCUT2D eigenvalue weighted by atomic mass is 35.5. The maximum Gasteiger partial charge on any atom is 0.247 e. The first-order valence-electron chi connectivity index (χ1n) is 9.71. The maximum absolute atomic E-state index is 12.7. The summed E-state index contributed by atoms with van der Waals surface area (Å²) < 4.78 is 0. The predicted molar refractivity (Wildman–Crippen MR) is 111 cm³/mol. The van der Waals surface area contributed by atoms with Crippen LogP contribution < -0.4 is 10.6 Å². The predicted octanol–water partition coefficient (Wildman–Crippen LogP) is 1.37. The Labute approximate surface area is 172 Å². The number of benzene rings is 1. The molecule has 1 saturated heterocycles.